The van der Waals surface area contributed by atoms with E-state index in [-0.39, 0.29) is 18.6 Å². The van der Waals surface area contributed by atoms with E-state index in [0.717, 1.165) is 35.4 Å². The fraction of sp³-hybridized carbons (Fsp3) is 0.429. The number of fused-ring (bicyclic) bond motifs is 1. The molecule has 2 heterocycles. The summed E-state index contributed by atoms with van der Waals surface area (Å²) in [6.45, 7) is 2.23. The van der Waals surface area contributed by atoms with E-state index >= 15 is 0 Å². The average molecular weight is 339 g/mol. The van der Waals surface area contributed by atoms with Gasteiger partial charge in [0.15, 0.2) is 0 Å². The molecule has 0 saturated heterocycles. The second-order valence-corrected chi connectivity index (χ2v) is 8.58. The van der Waals surface area contributed by atoms with E-state index in [0.29, 0.717) is 4.21 Å². The summed E-state index contributed by atoms with van der Waals surface area (Å²) in [4.78, 5) is 12.9. The van der Waals surface area contributed by atoms with Crippen molar-refractivity contribution >= 4 is 21.4 Å². The van der Waals surface area contributed by atoms with Crippen LogP contribution < -0.4 is 10.3 Å². The van der Waals surface area contributed by atoms with E-state index < -0.39 is 10.0 Å². The smallest absolute Gasteiger partial charge is 0.267 e. The highest BCUT2D eigenvalue weighted by Gasteiger charge is 2.17. The van der Waals surface area contributed by atoms with Crippen LogP contribution in [0.2, 0.25) is 0 Å². The predicted octanol–water partition coefficient (Wildman–Crippen LogP) is 1.08. The lowest BCUT2D eigenvalue weighted by molar-refractivity contribution is 0.542. The number of nitrogens with zero attached hydrogens (tertiary/aromatic N) is 2. The van der Waals surface area contributed by atoms with Gasteiger partial charge in [-0.25, -0.2) is 17.8 Å². The van der Waals surface area contributed by atoms with Crippen LogP contribution >= 0.6 is 11.3 Å². The van der Waals surface area contributed by atoms with Crippen molar-refractivity contribution in [2.24, 2.45) is 0 Å². The van der Waals surface area contributed by atoms with Crippen molar-refractivity contribution in [3.63, 3.8) is 0 Å². The van der Waals surface area contributed by atoms with Crippen molar-refractivity contribution < 1.29 is 8.42 Å². The molecule has 0 aromatic carbocycles. The summed E-state index contributed by atoms with van der Waals surface area (Å²) in [5.41, 5.74) is 1.80. The number of hydrogen-bond donors (Lipinski definition) is 1. The molecule has 0 bridgehead atoms. The maximum absolute atomic E-state index is 12.1. The van der Waals surface area contributed by atoms with Gasteiger partial charge in [0.1, 0.15) is 4.21 Å². The minimum Gasteiger partial charge on any atom is -0.268 e. The number of thiophene rings is 1. The lowest BCUT2D eigenvalue weighted by Gasteiger charge is -2.08. The van der Waals surface area contributed by atoms with Crippen molar-refractivity contribution in [1.82, 2.24) is 14.5 Å². The standard InChI is InChI=1S/C14H17N3O3S2/c1-10-5-6-14(21-10)22(19,20)15-7-8-17-13(18)9-11-3-2-4-12(11)16-17/h5-6,9,15H,2-4,7-8H2,1H3. The molecule has 118 valence electrons. The van der Waals surface area contributed by atoms with Crippen molar-refractivity contribution in [3.05, 3.63) is 44.7 Å². The van der Waals surface area contributed by atoms with E-state index in [1.54, 1.807) is 18.2 Å². The van der Waals surface area contributed by atoms with Crippen molar-refractivity contribution in [2.75, 3.05) is 6.54 Å². The monoisotopic (exact) mass is 339 g/mol. The lowest BCUT2D eigenvalue weighted by atomic mass is 10.2. The molecule has 0 fully saturated rings. The van der Waals surface area contributed by atoms with Gasteiger partial charge in [-0.3, -0.25) is 4.79 Å². The van der Waals surface area contributed by atoms with Crippen molar-refractivity contribution in [2.45, 2.75) is 36.9 Å². The fourth-order valence-corrected chi connectivity index (χ4v) is 4.86. The topological polar surface area (TPSA) is 81.1 Å². The van der Waals surface area contributed by atoms with Crippen molar-refractivity contribution in [1.29, 1.82) is 0 Å². The number of rotatable bonds is 5. The first-order chi connectivity index (χ1) is 10.5. The lowest BCUT2D eigenvalue weighted by Crippen LogP contribution is -2.32. The minimum atomic E-state index is -3.51. The zero-order chi connectivity index (χ0) is 15.7. The third-order valence-electron chi connectivity index (χ3n) is 3.62. The number of hydrogen-bond acceptors (Lipinski definition) is 5. The molecule has 1 aliphatic rings. The minimum absolute atomic E-state index is 0.144. The molecule has 3 rings (SSSR count). The van der Waals surface area contributed by atoms with Gasteiger partial charge in [0.2, 0.25) is 10.0 Å². The molecular weight excluding hydrogens is 322 g/mol. The number of aromatic nitrogens is 2. The summed E-state index contributed by atoms with van der Waals surface area (Å²) >= 11 is 1.23. The second-order valence-electron chi connectivity index (χ2n) is 5.29. The Labute approximate surface area is 132 Å². The van der Waals surface area contributed by atoms with Crippen LogP contribution in [-0.2, 0) is 29.4 Å². The summed E-state index contributed by atoms with van der Waals surface area (Å²) in [5, 5.41) is 4.32. The van der Waals surface area contributed by atoms with Crippen LogP contribution in [0.3, 0.4) is 0 Å². The summed E-state index contributed by atoms with van der Waals surface area (Å²) in [6.07, 6.45) is 2.81. The highest BCUT2D eigenvalue weighted by molar-refractivity contribution is 7.91. The number of nitrogens with one attached hydrogen (secondary N) is 1. The number of aryl methyl sites for hydroxylation is 3. The van der Waals surface area contributed by atoms with Crippen LogP contribution in [0.1, 0.15) is 22.6 Å². The van der Waals surface area contributed by atoms with Gasteiger partial charge < -0.3 is 0 Å². The Kier molecular flexibility index (Phi) is 4.16. The highest BCUT2D eigenvalue weighted by atomic mass is 32.2. The Bertz CT molecular complexity index is 852. The van der Waals surface area contributed by atoms with E-state index in [1.165, 1.54) is 16.0 Å². The summed E-state index contributed by atoms with van der Waals surface area (Å²) < 4.78 is 28.3. The largest absolute Gasteiger partial charge is 0.268 e. The van der Waals surface area contributed by atoms with Crippen LogP contribution in [0.15, 0.2) is 27.2 Å². The molecule has 0 aliphatic heterocycles. The third-order valence-corrected chi connectivity index (χ3v) is 6.57. The van der Waals surface area contributed by atoms with Gasteiger partial charge in [-0.15, -0.1) is 11.3 Å². The zero-order valence-electron chi connectivity index (χ0n) is 12.2. The Balaban J connectivity index is 1.68. The van der Waals surface area contributed by atoms with Gasteiger partial charge in [0.25, 0.3) is 5.56 Å². The van der Waals surface area contributed by atoms with Crippen LogP contribution in [0.25, 0.3) is 0 Å². The molecule has 0 atom stereocenters. The van der Waals surface area contributed by atoms with Gasteiger partial charge in [0.05, 0.1) is 12.2 Å². The molecule has 0 spiro atoms. The van der Waals surface area contributed by atoms with Crippen molar-refractivity contribution in [3.8, 4) is 0 Å². The van der Waals surface area contributed by atoms with Crippen LogP contribution in [-0.4, -0.2) is 24.7 Å². The Morgan fingerprint density at radius 3 is 2.91 bits per heavy atom. The molecule has 22 heavy (non-hydrogen) atoms. The normalized spacial score (nSPS) is 14.2. The molecule has 1 aliphatic carbocycles. The summed E-state index contributed by atoms with van der Waals surface area (Å²) in [7, 11) is -3.51. The molecular formula is C14H17N3O3S2. The number of sulfonamides is 1. The Morgan fingerprint density at radius 1 is 1.36 bits per heavy atom. The SMILES string of the molecule is Cc1ccc(S(=O)(=O)NCCn2nc3c(cc2=O)CCC3)s1. The molecule has 2 aromatic rings. The van der Waals surface area contributed by atoms with Gasteiger partial charge >= 0.3 is 0 Å². The maximum Gasteiger partial charge on any atom is 0.267 e. The molecule has 0 saturated carbocycles. The van der Waals surface area contributed by atoms with Gasteiger partial charge in [0, 0.05) is 17.5 Å². The van der Waals surface area contributed by atoms with E-state index in [4.69, 9.17) is 0 Å². The first-order valence-electron chi connectivity index (χ1n) is 7.12. The predicted molar refractivity (Wildman–Crippen MR) is 84.8 cm³/mol. The molecule has 0 radical (unpaired) electrons. The van der Waals surface area contributed by atoms with Gasteiger partial charge in [-0.2, -0.15) is 5.10 Å². The van der Waals surface area contributed by atoms with Crippen LogP contribution in [0, 0.1) is 6.92 Å². The first-order valence-corrected chi connectivity index (χ1v) is 9.42. The zero-order valence-corrected chi connectivity index (χ0v) is 13.8. The molecule has 2 aromatic heterocycles. The maximum atomic E-state index is 12.1. The molecule has 0 unspecified atom stereocenters. The fourth-order valence-electron chi connectivity index (χ4n) is 2.51. The van der Waals surface area contributed by atoms with Crippen LogP contribution in [0.5, 0.6) is 0 Å². The van der Waals surface area contributed by atoms with E-state index in [1.807, 2.05) is 6.92 Å². The van der Waals surface area contributed by atoms with E-state index in [9.17, 15) is 13.2 Å². The Hall–Kier alpha value is -1.51. The van der Waals surface area contributed by atoms with E-state index in [2.05, 4.69) is 9.82 Å². The highest BCUT2D eigenvalue weighted by Crippen LogP contribution is 2.20. The molecule has 6 nitrogen and oxygen atoms in total. The van der Waals surface area contributed by atoms with Gasteiger partial charge in [-0.05, 0) is 43.9 Å². The first kappa shape index (κ1) is 15.4. The van der Waals surface area contributed by atoms with Gasteiger partial charge in [-0.1, -0.05) is 0 Å². The Morgan fingerprint density at radius 2 is 2.18 bits per heavy atom. The summed E-state index contributed by atoms with van der Waals surface area (Å²) in [6, 6.07) is 4.97. The second kappa shape index (κ2) is 5.94. The molecule has 1 N–H and O–H groups in total. The third kappa shape index (κ3) is 3.13. The molecule has 0 amide bonds. The quantitative estimate of drug-likeness (QED) is 0.884. The van der Waals surface area contributed by atoms with Crippen LogP contribution in [0.4, 0.5) is 0 Å². The molecule has 8 heteroatoms. The average Bonchev–Trinajstić information content (AvgIpc) is 3.07. The summed E-state index contributed by atoms with van der Waals surface area (Å²) in [5.74, 6) is 0.